The minimum absolute atomic E-state index is 0.225. The molecular weight excluding hydrogens is 154 g/mol. The molecule has 4 N–H and O–H groups in total. The second-order valence-corrected chi connectivity index (χ2v) is 3.61. The van der Waals surface area contributed by atoms with Crippen molar-refractivity contribution < 1.29 is 8.42 Å². The molecule has 0 saturated carbocycles. The van der Waals surface area contributed by atoms with Gasteiger partial charge in [0.05, 0.1) is 0 Å². The summed E-state index contributed by atoms with van der Waals surface area (Å²) in [6.45, 7) is 1.98. The molecule has 0 rings (SSSR count). The summed E-state index contributed by atoms with van der Waals surface area (Å²) in [5, 5.41) is 0. The highest BCUT2D eigenvalue weighted by molar-refractivity contribution is 7.87. The van der Waals surface area contributed by atoms with Crippen molar-refractivity contribution in [2.75, 3.05) is 13.6 Å². The number of rotatable bonds is 4. The van der Waals surface area contributed by atoms with Crippen LogP contribution in [0.2, 0.25) is 0 Å². The minimum atomic E-state index is -3.31. The van der Waals surface area contributed by atoms with Crippen LogP contribution in [0.15, 0.2) is 0 Å². The summed E-state index contributed by atoms with van der Waals surface area (Å²) < 4.78 is 25.8. The summed E-state index contributed by atoms with van der Waals surface area (Å²) in [6, 6.07) is -0.225. The van der Waals surface area contributed by atoms with Crippen molar-refractivity contribution in [1.29, 1.82) is 0 Å². The lowest BCUT2D eigenvalue weighted by molar-refractivity contribution is 0.554. The lowest BCUT2D eigenvalue weighted by Crippen LogP contribution is -2.43. The van der Waals surface area contributed by atoms with E-state index in [9.17, 15) is 8.42 Å². The van der Waals surface area contributed by atoms with Crippen molar-refractivity contribution in [3.8, 4) is 0 Å². The van der Waals surface area contributed by atoms with E-state index < -0.39 is 10.2 Å². The van der Waals surface area contributed by atoms with Gasteiger partial charge in [0.2, 0.25) is 0 Å². The Labute approximate surface area is 61.2 Å². The van der Waals surface area contributed by atoms with Crippen LogP contribution in [0.5, 0.6) is 0 Å². The quantitative estimate of drug-likeness (QED) is 0.471. The van der Waals surface area contributed by atoms with Crippen molar-refractivity contribution in [3.63, 3.8) is 0 Å². The first-order chi connectivity index (χ1) is 4.52. The van der Waals surface area contributed by atoms with Crippen molar-refractivity contribution in [3.05, 3.63) is 0 Å². The lowest BCUT2D eigenvalue weighted by atomic mass is 10.4. The standard InChI is InChI=1S/C4H13N3O2S/c1-4(3-5)7-10(8,9)6-2/h4,6-7H,3,5H2,1-2H3. The zero-order chi connectivity index (χ0) is 8.20. The van der Waals surface area contributed by atoms with E-state index in [2.05, 4.69) is 9.44 Å². The third-order valence-corrected chi connectivity index (χ3v) is 2.23. The van der Waals surface area contributed by atoms with E-state index in [0.717, 1.165) is 0 Å². The van der Waals surface area contributed by atoms with Gasteiger partial charge in [-0.05, 0) is 6.92 Å². The molecular formula is C4H13N3O2S. The Morgan fingerprint density at radius 2 is 2.10 bits per heavy atom. The van der Waals surface area contributed by atoms with Gasteiger partial charge in [-0.2, -0.15) is 13.1 Å². The highest BCUT2D eigenvalue weighted by Crippen LogP contribution is 1.80. The predicted octanol–water partition coefficient (Wildman–Crippen LogP) is -1.61. The Kier molecular flexibility index (Phi) is 3.80. The molecule has 0 aromatic rings. The van der Waals surface area contributed by atoms with Crippen LogP contribution in [0.4, 0.5) is 0 Å². The van der Waals surface area contributed by atoms with Crippen LogP contribution in [-0.4, -0.2) is 28.1 Å². The maximum absolute atomic E-state index is 10.7. The SMILES string of the molecule is CNS(=O)(=O)NC(C)CN. The zero-order valence-corrected chi connectivity index (χ0v) is 6.90. The molecule has 62 valence electrons. The topological polar surface area (TPSA) is 84.2 Å². The molecule has 0 aliphatic carbocycles. The summed E-state index contributed by atoms with van der Waals surface area (Å²) in [5.41, 5.74) is 5.18. The maximum atomic E-state index is 10.7. The molecule has 0 radical (unpaired) electrons. The molecule has 0 bridgehead atoms. The van der Waals surface area contributed by atoms with Crippen molar-refractivity contribution in [2.24, 2.45) is 5.73 Å². The van der Waals surface area contributed by atoms with E-state index in [4.69, 9.17) is 5.73 Å². The number of hydrogen-bond donors (Lipinski definition) is 3. The van der Waals surface area contributed by atoms with E-state index in [1.807, 2.05) is 0 Å². The van der Waals surface area contributed by atoms with Gasteiger partial charge in [-0.1, -0.05) is 0 Å². The van der Waals surface area contributed by atoms with Gasteiger partial charge in [0.25, 0.3) is 10.2 Å². The molecule has 10 heavy (non-hydrogen) atoms. The third kappa shape index (κ3) is 3.78. The molecule has 0 fully saturated rings. The van der Waals surface area contributed by atoms with Gasteiger partial charge >= 0.3 is 0 Å². The number of hydrogen-bond acceptors (Lipinski definition) is 3. The fourth-order valence-electron chi connectivity index (χ4n) is 0.372. The average molecular weight is 167 g/mol. The van der Waals surface area contributed by atoms with Crippen LogP contribution in [0.25, 0.3) is 0 Å². The van der Waals surface area contributed by atoms with Gasteiger partial charge < -0.3 is 5.73 Å². The molecule has 0 aliphatic rings. The number of nitrogens with two attached hydrogens (primary N) is 1. The molecule has 6 heteroatoms. The summed E-state index contributed by atoms with van der Waals surface area (Å²) in [5.74, 6) is 0. The highest BCUT2D eigenvalue weighted by atomic mass is 32.2. The molecule has 0 amide bonds. The van der Waals surface area contributed by atoms with Crippen LogP contribution in [-0.2, 0) is 10.2 Å². The Balaban J connectivity index is 3.90. The van der Waals surface area contributed by atoms with Gasteiger partial charge in [0.1, 0.15) is 0 Å². The minimum Gasteiger partial charge on any atom is -0.329 e. The molecule has 0 saturated heterocycles. The van der Waals surface area contributed by atoms with Crippen LogP contribution < -0.4 is 15.2 Å². The first-order valence-electron chi connectivity index (χ1n) is 2.92. The Hall–Kier alpha value is -0.170. The highest BCUT2D eigenvalue weighted by Gasteiger charge is 2.08. The Morgan fingerprint density at radius 3 is 2.40 bits per heavy atom. The van der Waals surface area contributed by atoms with Crippen LogP contribution in [0.3, 0.4) is 0 Å². The third-order valence-electron chi connectivity index (χ3n) is 0.979. The van der Waals surface area contributed by atoms with E-state index in [0.29, 0.717) is 6.54 Å². The molecule has 0 aromatic heterocycles. The van der Waals surface area contributed by atoms with Gasteiger partial charge in [-0.3, -0.25) is 0 Å². The summed E-state index contributed by atoms with van der Waals surface area (Å²) in [4.78, 5) is 0. The van der Waals surface area contributed by atoms with Gasteiger partial charge in [-0.25, -0.2) is 4.72 Å². The fraction of sp³-hybridized carbons (Fsp3) is 1.00. The molecule has 0 aromatic carbocycles. The Bertz CT molecular complexity index is 177. The first kappa shape index (κ1) is 9.83. The summed E-state index contributed by atoms with van der Waals surface area (Å²) in [7, 11) is -1.97. The molecule has 0 aliphatic heterocycles. The second-order valence-electron chi connectivity index (χ2n) is 1.96. The van der Waals surface area contributed by atoms with Crippen LogP contribution >= 0.6 is 0 Å². The number of nitrogens with one attached hydrogen (secondary N) is 2. The average Bonchev–Trinajstić information content (AvgIpc) is 1.87. The zero-order valence-electron chi connectivity index (χ0n) is 6.09. The molecule has 1 atom stereocenters. The van der Waals surface area contributed by atoms with E-state index >= 15 is 0 Å². The summed E-state index contributed by atoms with van der Waals surface area (Å²) >= 11 is 0. The molecule has 1 unspecified atom stereocenters. The van der Waals surface area contributed by atoms with Crippen LogP contribution in [0, 0.1) is 0 Å². The maximum Gasteiger partial charge on any atom is 0.276 e. The van der Waals surface area contributed by atoms with Gasteiger partial charge in [0.15, 0.2) is 0 Å². The van der Waals surface area contributed by atoms with Gasteiger partial charge in [0, 0.05) is 19.6 Å². The van der Waals surface area contributed by atoms with Crippen molar-refractivity contribution in [2.45, 2.75) is 13.0 Å². The summed E-state index contributed by atoms with van der Waals surface area (Å²) in [6.07, 6.45) is 0. The van der Waals surface area contributed by atoms with E-state index in [-0.39, 0.29) is 6.04 Å². The van der Waals surface area contributed by atoms with E-state index in [1.165, 1.54) is 7.05 Å². The molecule has 0 spiro atoms. The van der Waals surface area contributed by atoms with E-state index in [1.54, 1.807) is 6.92 Å². The molecule has 5 nitrogen and oxygen atoms in total. The largest absolute Gasteiger partial charge is 0.329 e. The fourth-order valence-corrected chi connectivity index (χ4v) is 1.12. The predicted molar refractivity (Wildman–Crippen MR) is 39.6 cm³/mol. The van der Waals surface area contributed by atoms with Crippen molar-refractivity contribution in [1.82, 2.24) is 9.44 Å². The first-order valence-corrected chi connectivity index (χ1v) is 4.41. The Morgan fingerprint density at radius 1 is 1.60 bits per heavy atom. The monoisotopic (exact) mass is 167 g/mol. The van der Waals surface area contributed by atoms with Crippen molar-refractivity contribution >= 4 is 10.2 Å². The lowest BCUT2D eigenvalue weighted by Gasteiger charge is -2.09. The normalized spacial score (nSPS) is 15.1. The second kappa shape index (κ2) is 3.87. The van der Waals surface area contributed by atoms with Gasteiger partial charge in [-0.15, -0.1) is 0 Å². The van der Waals surface area contributed by atoms with Crippen LogP contribution in [0.1, 0.15) is 6.92 Å². The smallest absolute Gasteiger partial charge is 0.276 e. The molecule has 0 heterocycles.